The van der Waals surface area contributed by atoms with Gasteiger partial charge in [-0.3, -0.25) is 4.79 Å². The van der Waals surface area contributed by atoms with Gasteiger partial charge in [0.1, 0.15) is 0 Å². The Labute approximate surface area is 50.1 Å². The second kappa shape index (κ2) is 2.19. The number of ether oxygens (including phenoxy) is 1. The van der Waals surface area contributed by atoms with Crippen LogP contribution in [0.1, 0.15) is 0 Å². The average Bonchev–Trinajstić information content (AvgIpc) is 2.18. The molecule has 46 valence electrons. The van der Waals surface area contributed by atoms with Crippen molar-refractivity contribution in [1.82, 2.24) is 0 Å². The predicted octanol–water partition coefficient (Wildman–Crippen LogP) is -0.767. The van der Waals surface area contributed by atoms with E-state index in [-0.39, 0.29) is 0 Å². The van der Waals surface area contributed by atoms with Crippen LogP contribution in [0.5, 0.6) is 0 Å². The molecule has 0 aliphatic carbocycles. The third kappa shape index (κ3) is 1.00. The fraction of sp³-hybridized carbons (Fsp3) is 0.250. The molecule has 0 N–H and O–H groups in total. The Bertz CT molecular complexity index is 204. The summed E-state index contributed by atoms with van der Waals surface area (Å²) in [5, 5.41) is 0. The van der Waals surface area contributed by atoms with Gasteiger partial charge in [0, 0.05) is 0 Å². The Balaban J connectivity index is 2.66. The summed E-state index contributed by atoms with van der Waals surface area (Å²) in [6.45, 7) is 0. The molecule has 0 fully saturated rings. The van der Waals surface area contributed by atoms with Crippen molar-refractivity contribution >= 4 is 18.4 Å². The van der Waals surface area contributed by atoms with Crippen molar-refractivity contribution in [3.8, 4) is 0 Å². The van der Waals surface area contributed by atoms with E-state index < -0.39 is 12.1 Å². The molecule has 0 radical (unpaired) electrons. The highest BCUT2D eigenvalue weighted by Gasteiger charge is 2.21. The highest BCUT2D eigenvalue weighted by molar-refractivity contribution is 5.91. The van der Waals surface area contributed by atoms with Crippen molar-refractivity contribution in [3.05, 3.63) is 0 Å². The van der Waals surface area contributed by atoms with Gasteiger partial charge in [-0.2, -0.15) is 9.98 Å². The molecule has 1 rings (SSSR count). The second-order valence-corrected chi connectivity index (χ2v) is 1.28. The van der Waals surface area contributed by atoms with Crippen molar-refractivity contribution in [2.45, 2.75) is 6.23 Å². The molecule has 1 heterocycles. The highest BCUT2D eigenvalue weighted by Crippen LogP contribution is 2.00. The molecule has 0 saturated heterocycles. The summed E-state index contributed by atoms with van der Waals surface area (Å²) >= 11 is 0. The van der Waals surface area contributed by atoms with Crippen LogP contribution in [0.25, 0.3) is 0 Å². The zero-order chi connectivity index (χ0) is 6.69. The van der Waals surface area contributed by atoms with Gasteiger partial charge in [0.2, 0.25) is 6.08 Å². The first-order chi connectivity index (χ1) is 4.34. The van der Waals surface area contributed by atoms with Crippen molar-refractivity contribution < 1.29 is 14.3 Å². The van der Waals surface area contributed by atoms with E-state index in [9.17, 15) is 9.59 Å². The van der Waals surface area contributed by atoms with Crippen molar-refractivity contribution in [2.24, 2.45) is 9.98 Å². The number of rotatable bonds is 1. The molecule has 1 unspecified atom stereocenters. The van der Waals surface area contributed by atoms with E-state index in [0.29, 0.717) is 0 Å². The predicted molar refractivity (Wildman–Crippen MR) is 26.5 cm³/mol. The fourth-order valence-corrected chi connectivity index (χ4v) is 0.396. The number of carbonyl (C=O) groups excluding carboxylic acids is 2. The molecule has 5 heteroatoms. The first-order valence-corrected chi connectivity index (χ1v) is 2.13. The maximum atomic E-state index is 10.4. The van der Waals surface area contributed by atoms with Crippen LogP contribution < -0.4 is 0 Å². The lowest BCUT2D eigenvalue weighted by molar-refractivity contribution is -0.122. The summed E-state index contributed by atoms with van der Waals surface area (Å²) in [7, 11) is 0. The number of isocyanates is 1. The minimum atomic E-state index is -1.08. The molecule has 0 aromatic carbocycles. The van der Waals surface area contributed by atoms with Gasteiger partial charge in [-0.15, -0.1) is 0 Å². The van der Waals surface area contributed by atoms with Gasteiger partial charge in [0.25, 0.3) is 6.23 Å². The van der Waals surface area contributed by atoms with E-state index in [2.05, 4.69) is 14.7 Å². The van der Waals surface area contributed by atoms with Crippen molar-refractivity contribution in [3.63, 3.8) is 0 Å². The van der Waals surface area contributed by atoms with Crippen molar-refractivity contribution in [1.29, 1.82) is 0 Å². The SMILES string of the molecule is O=C=NC1OC=NC1=O. The highest BCUT2D eigenvalue weighted by atomic mass is 16.5. The Morgan fingerprint density at radius 2 is 2.67 bits per heavy atom. The number of hydrogen-bond acceptors (Lipinski definition) is 4. The van der Waals surface area contributed by atoms with Gasteiger partial charge in [-0.25, -0.2) is 4.79 Å². The molecule has 0 aromatic heterocycles. The Morgan fingerprint density at radius 1 is 1.89 bits per heavy atom. The largest absolute Gasteiger partial charge is 0.448 e. The minimum Gasteiger partial charge on any atom is -0.448 e. The van der Waals surface area contributed by atoms with Crippen molar-refractivity contribution in [2.75, 3.05) is 0 Å². The number of hydrogen-bond donors (Lipinski definition) is 0. The maximum absolute atomic E-state index is 10.4. The smallest absolute Gasteiger partial charge is 0.313 e. The van der Waals surface area contributed by atoms with E-state index in [4.69, 9.17) is 0 Å². The zero-order valence-corrected chi connectivity index (χ0v) is 4.27. The minimum absolute atomic E-state index is 0.571. The molecule has 1 aliphatic heterocycles. The van der Waals surface area contributed by atoms with E-state index in [1.165, 1.54) is 6.08 Å². The molecule has 0 aromatic rings. The monoisotopic (exact) mass is 126 g/mol. The summed E-state index contributed by atoms with van der Waals surface area (Å²) in [4.78, 5) is 26.1. The summed E-state index contributed by atoms with van der Waals surface area (Å²) < 4.78 is 4.44. The lowest BCUT2D eigenvalue weighted by Crippen LogP contribution is -2.11. The average molecular weight is 126 g/mol. The van der Waals surface area contributed by atoms with Crippen LogP contribution in [-0.2, 0) is 14.3 Å². The number of amides is 1. The molecule has 1 atom stereocenters. The van der Waals surface area contributed by atoms with Crippen LogP contribution in [0.15, 0.2) is 9.98 Å². The molecule has 0 saturated carbocycles. The number of carbonyl (C=O) groups is 1. The van der Waals surface area contributed by atoms with Crippen LogP contribution in [-0.4, -0.2) is 24.6 Å². The fourth-order valence-electron chi connectivity index (χ4n) is 0.396. The van der Waals surface area contributed by atoms with Crippen LogP contribution in [0, 0.1) is 0 Å². The molecule has 0 spiro atoms. The summed E-state index contributed by atoms with van der Waals surface area (Å²) in [5.74, 6) is -0.571. The lowest BCUT2D eigenvalue weighted by atomic mass is 10.6. The lowest BCUT2D eigenvalue weighted by Gasteiger charge is -1.93. The summed E-state index contributed by atoms with van der Waals surface area (Å²) in [6, 6.07) is 0. The quantitative estimate of drug-likeness (QED) is 0.342. The Hall–Kier alpha value is -1.48. The molecular weight excluding hydrogens is 124 g/mol. The molecule has 9 heavy (non-hydrogen) atoms. The van der Waals surface area contributed by atoms with Gasteiger partial charge in [-0.1, -0.05) is 0 Å². The van der Waals surface area contributed by atoms with Gasteiger partial charge in [0.05, 0.1) is 0 Å². The van der Waals surface area contributed by atoms with E-state index in [1.807, 2.05) is 0 Å². The van der Waals surface area contributed by atoms with E-state index in [0.717, 1.165) is 6.40 Å². The van der Waals surface area contributed by atoms with E-state index in [1.54, 1.807) is 0 Å². The van der Waals surface area contributed by atoms with Gasteiger partial charge in [-0.05, 0) is 0 Å². The summed E-state index contributed by atoms with van der Waals surface area (Å²) in [5.41, 5.74) is 0. The third-order valence-electron chi connectivity index (χ3n) is 0.751. The molecule has 5 nitrogen and oxygen atoms in total. The summed E-state index contributed by atoms with van der Waals surface area (Å²) in [6.07, 6.45) is 1.06. The van der Waals surface area contributed by atoms with Gasteiger partial charge >= 0.3 is 5.91 Å². The number of nitrogens with zero attached hydrogens (tertiary/aromatic N) is 2. The number of aliphatic imine (C=N–C) groups is 2. The standard InChI is InChI=1S/C4H2N2O3/c7-1-5-4-3(8)6-2-9-4/h2,4H. The van der Waals surface area contributed by atoms with Gasteiger partial charge in [0.15, 0.2) is 6.40 Å². The topological polar surface area (TPSA) is 68.1 Å². The van der Waals surface area contributed by atoms with Crippen LogP contribution in [0.2, 0.25) is 0 Å². The first-order valence-electron chi connectivity index (χ1n) is 2.13. The molecule has 1 amide bonds. The van der Waals surface area contributed by atoms with Gasteiger partial charge < -0.3 is 4.74 Å². The maximum Gasteiger partial charge on any atom is 0.313 e. The molecule has 1 aliphatic rings. The Morgan fingerprint density at radius 3 is 3.11 bits per heavy atom. The van der Waals surface area contributed by atoms with Crippen LogP contribution in [0.4, 0.5) is 0 Å². The van der Waals surface area contributed by atoms with Crippen LogP contribution >= 0.6 is 0 Å². The molecular formula is C4H2N2O3. The normalized spacial score (nSPS) is 23.1. The first kappa shape index (κ1) is 5.65. The van der Waals surface area contributed by atoms with Crippen LogP contribution in [0.3, 0.4) is 0 Å². The third-order valence-corrected chi connectivity index (χ3v) is 0.751. The Kier molecular flexibility index (Phi) is 1.38. The zero-order valence-electron chi connectivity index (χ0n) is 4.27. The van der Waals surface area contributed by atoms with E-state index >= 15 is 0 Å². The second-order valence-electron chi connectivity index (χ2n) is 1.28. The molecule has 0 bridgehead atoms.